The highest BCUT2D eigenvalue weighted by Crippen LogP contribution is 1.97. The Bertz CT molecular complexity index is 432. The number of nitrogens with zero attached hydrogens (tertiary/aromatic N) is 5. The fraction of sp³-hybridized carbons (Fsp3) is 0.600. The van der Waals surface area contributed by atoms with Crippen LogP contribution in [0.3, 0.4) is 0 Å². The molecule has 1 aromatic rings. The molecule has 0 bridgehead atoms. The second kappa shape index (κ2) is 5.30. The maximum Gasteiger partial charge on any atom is 0.252 e. The van der Waals surface area contributed by atoms with Crippen molar-refractivity contribution in [3.63, 3.8) is 0 Å². The van der Waals surface area contributed by atoms with E-state index < -0.39 is 0 Å². The molecule has 3 N–H and O–H groups in total. The summed E-state index contributed by atoms with van der Waals surface area (Å²) in [5.41, 5.74) is 5.59. The minimum absolute atomic E-state index is 0.102. The predicted molar refractivity (Wildman–Crippen MR) is 64.1 cm³/mol. The van der Waals surface area contributed by atoms with Gasteiger partial charge in [0.1, 0.15) is 12.4 Å². The van der Waals surface area contributed by atoms with Crippen molar-refractivity contribution >= 4 is 5.96 Å². The van der Waals surface area contributed by atoms with Crippen LogP contribution in [0.5, 0.6) is 0 Å². The minimum Gasteiger partial charge on any atom is -0.370 e. The van der Waals surface area contributed by atoms with Crippen LogP contribution in [-0.2, 0) is 6.54 Å². The number of hydrogen-bond acceptors (Lipinski definition) is 4. The summed E-state index contributed by atoms with van der Waals surface area (Å²) in [6, 6.07) is 1.86. The first-order valence-electron chi connectivity index (χ1n) is 5.28. The first-order valence-corrected chi connectivity index (χ1v) is 5.28. The third-order valence-corrected chi connectivity index (χ3v) is 1.75. The third kappa shape index (κ3) is 4.97. The zero-order chi connectivity index (χ0) is 12.9. The van der Waals surface area contributed by atoms with Gasteiger partial charge < -0.3 is 11.1 Å². The van der Waals surface area contributed by atoms with E-state index in [0.29, 0.717) is 19.0 Å². The molecular formula is C10H17N7. The van der Waals surface area contributed by atoms with Gasteiger partial charge in [0.15, 0.2) is 5.96 Å². The molecule has 7 nitrogen and oxygen atoms in total. The quantitative estimate of drug-likeness (QED) is 0.560. The van der Waals surface area contributed by atoms with Gasteiger partial charge in [-0.1, -0.05) is 0 Å². The van der Waals surface area contributed by atoms with Gasteiger partial charge in [0.25, 0.3) is 5.82 Å². The van der Waals surface area contributed by atoms with Gasteiger partial charge >= 0.3 is 0 Å². The first-order chi connectivity index (χ1) is 7.90. The summed E-state index contributed by atoms with van der Waals surface area (Å²) in [7, 11) is 0. The molecule has 1 aromatic heterocycles. The van der Waals surface area contributed by atoms with Crippen LogP contribution in [0, 0.1) is 11.3 Å². The lowest BCUT2D eigenvalue weighted by Gasteiger charge is -2.20. The predicted octanol–water partition coefficient (Wildman–Crippen LogP) is -0.147. The Morgan fingerprint density at radius 1 is 1.65 bits per heavy atom. The van der Waals surface area contributed by atoms with Crippen molar-refractivity contribution in [2.45, 2.75) is 32.9 Å². The lowest BCUT2D eigenvalue weighted by molar-refractivity contribution is 0.507. The smallest absolute Gasteiger partial charge is 0.252 e. The number of aliphatic imine (C=N–C) groups is 1. The molecule has 0 saturated heterocycles. The van der Waals surface area contributed by atoms with Crippen LogP contribution in [0.2, 0.25) is 0 Å². The van der Waals surface area contributed by atoms with Crippen molar-refractivity contribution < 1.29 is 0 Å². The minimum atomic E-state index is -0.102. The van der Waals surface area contributed by atoms with E-state index in [-0.39, 0.29) is 11.4 Å². The Kier molecular flexibility index (Phi) is 4.04. The van der Waals surface area contributed by atoms with Gasteiger partial charge in [-0.15, -0.1) is 5.10 Å². The summed E-state index contributed by atoms with van der Waals surface area (Å²) in [6.07, 6.45) is 1.50. The highest BCUT2D eigenvalue weighted by atomic mass is 15.3. The molecule has 0 aliphatic heterocycles. The maximum atomic E-state index is 8.55. The molecule has 92 valence electrons. The highest BCUT2D eigenvalue weighted by molar-refractivity contribution is 5.78. The molecule has 0 aromatic carbocycles. The molecule has 0 unspecified atom stereocenters. The number of aromatic nitrogens is 3. The summed E-state index contributed by atoms with van der Waals surface area (Å²) in [5, 5.41) is 15.5. The van der Waals surface area contributed by atoms with Crippen molar-refractivity contribution in [2.24, 2.45) is 10.7 Å². The Hall–Kier alpha value is -2.10. The Morgan fingerprint density at radius 3 is 2.88 bits per heavy atom. The van der Waals surface area contributed by atoms with Gasteiger partial charge in [-0.2, -0.15) is 5.26 Å². The van der Waals surface area contributed by atoms with Gasteiger partial charge in [0.05, 0.1) is 13.1 Å². The number of hydrogen-bond donors (Lipinski definition) is 2. The lowest BCUT2D eigenvalue weighted by atomic mass is 10.1. The van der Waals surface area contributed by atoms with E-state index >= 15 is 0 Å². The summed E-state index contributed by atoms with van der Waals surface area (Å²) in [5.74, 6) is 0.563. The van der Waals surface area contributed by atoms with Crippen molar-refractivity contribution in [1.29, 1.82) is 5.26 Å². The van der Waals surface area contributed by atoms with Crippen molar-refractivity contribution in [1.82, 2.24) is 20.1 Å². The van der Waals surface area contributed by atoms with Crippen LogP contribution < -0.4 is 11.1 Å². The van der Waals surface area contributed by atoms with E-state index in [1.54, 1.807) is 4.68 Å². The Morgan fingerprint density at radius 2 is 2.35 bits per heavy atom. The Labute approximate surface area is 100 Å². The number of rotatable bonds is 3. The van der Waals surface area contributed by atoms with E-state index in [1.807, 2.05) is 26.8 Å². The average molecular weight is 235 g/mol. The van der Waals surface area contributed by atoms with E-state index in [4.69, 9.17) is 11.0 Å². The summed E-state index contributed by atoms with van der Waals surface area (Å²) >= 11 is 0. The molecule has 0 fully saturated rings. The molecule has 1 rings (SSSR count). The maximum absolute atomic E-state index is 8.55. The monoisotopic (exact) mass is 235 g/mol. The molecule has 0 atom stereocenters. The SMILES string of the molecule is CC(C)(C)NC(N)=NCCn1cnc(C#N)n1. The van der Waals surface area contributed by atoms with E-state index in [9.17, 15) is 0 Å². The number of nitrogens with two attached hydrogens (primary N) is 1. The van der Waals surface area contributed by atoms with Crippen LogP contribution in [-0.4, -0.2) is 32.8 Å². The van der Waals surface area contributed by atoms with Crippen LogP contribution in [0.4, 0.5) is 0 Å². The lowest BCUT2D eigenvalue weighted by Crippen LogP contribution is -2.45. The van der Waals surface area contributed by atoms with E-state index in [2.05, 4.69) is 20.4 Å². The zero-order valence-corrected chi connectivity index (χ0v) is 10.3. The third-order valence-electron chi connectivity index (χ3n) is 1.75. The molecule has 0 amide bonds. The van der Waals surface area contributed by atoms with E-state index in [0.717, 1.165) is 0 Å². The number of guanidine groups is 1. The topological polar surface area (TPSA) is 105 Å². The standard InChI is InChI=1S/C10H17N7/c1-10(2,3)15-9(12)13-4-5-17-7-14-8(6-11)16-17/h7H,4-5H2,1-3H3,(H3,12,13,15). The summed E-state index contributed by atoms with van der Waals surface area (Å²) in [4.78, 5) is 7.94. The van der Waals surface area contributed by atoms with Crippen molar-refractivity contribution in [2.75, 3.05) is 6.54 Å². The summed E-state index contributed by atoms with van der Waals surface area (Å²) < 4.78 is 1.56. The van der Waals surface area contributed by atoms with Gasteiger partial charge in [-0.05, 0) is 20.8 Å². The van der Waals surface area contributed by atoms with Crippen molar-refractivity contribution in [3.8, 4) is 6.07 Å². The fourth-order valence-electron chi connectivity index (χ4n) is 1.15. The van der Waals surface area contributed by atoms with Crippen LogP contribution in [0.1, 0.15) is 26.6 Å². The van der Waals surface area contributed by atoms with Gasteiger partial charge in [-0.25, -0.2) is 9.67 Å². The largest absolute Gasteiger partial charge is 0.370 e. The normalized spacial score (nSPS) is 12.2. The fourth-order valence-corrected chi connectivity index (χ4v) is 1.15. The molecule has 1 heterocycles. The molecule has 0 radical (unpaired) electrons. The first kappa shape index (κ1) is 13.0. The van der Waals surface area contributed by atoms with Gasteiger partial charge in [0.2, 0.25) is 0 Å². The molecule has 0 aliphatic carbocycles. The highest BCUT2D eigenvalue weighted by Gasteiger charge is 2.09. The molecule has 17 heavy (non-hydrogen) atoms. The molecule has 0 spiro atoms. The average Bonchev–Trinajstić information content (AvgIpc) is 2.63. The van der Waals surface area contributed by atoms with Gasteiger partial charge in [-0.3, -0.25) is 4.99 Å². The van der Waals surface area contributed by atoms with Crippen LogP contribution in [0.25, 0.3) is 0 Å². The molecule has 0 saturated carbocycles. The van der Waals surface area contributed by atoms with Crippen molar-refractivity contribution in [3.05, 3.63) is 12.2 Å². The summed E-state index contributed by atoms with van der Waals surface area (Å²) in [6.45, 7) is 7.05. The number of nitrogens with one attached hydrogen (secondary N) is 1. The zero-order valence-electron chi connectivity index (χ0n) is 10.3. The van der Waals surface area contributed by atoms with Crippen LogP contribution >= 0.6 is 0 Å². The second-order valence-corrected chi connectivity index (χ2v) is 4.59. The molecule has 7 heteroatoms. The Balaban J connectivity index is 2.41. The second-order valence-electron chi connectivity index (χ2n) is 4.59. The van der Waals surface area contributed by atoms with E-state index in [1.165, 1.54) is 6.33 Å². The molecule has 0 aliphatic rings. The van der Waals surface area contributed by atoms with Gasteiger partial charge in [0, 0.05) is 5.54 Å². The molecular weight excluding hydrogens is 218 g/mol. The number of nitriles is 1. The van der Waals surface area contributed by atoms with Crippen LogP contribution in [0.15, 0.2) is 11.3 Å².